The molecule has 0 aromatic heterocycles. The Labute approximate surface area is 159 Å². The molecule has 1 atom stereocenters. The van der Waals surface area contributed by atoms with Crippen LogP contribution in [0.2, 0.25) is 0 Å². The van der Waals surface area contributed by atoms with Crippen molar-refractivity contribution < 1.29 is 14.3 Å². The molecule has 7 N–H and O–H groups in total. The van der Waals surface area contributed by atoms with Gasteiger partial charge >= 0.3 is 0 Å². The van der Waals surface area contributed by atoms with Gasteiger partial charge in [0.2, 0.25) is 0 Å². The Morgan fingerprint density at radius 1 is 1.22 bits per heavy atom. The Hall–Kier alpha value is -2.69. The van der Waals surface area contributed by atoms with Crippen LogP contribution in [0.4, 0.5) is 5.69 Å². The van der Waals surface area contributed by atoms with Crippen LogP contribution < -0.4 is 37.8 Å². The Morgan fingerprint density at radius 2 is 1.93 bits per heavy atom. The zero-order chi connectivity index (χ0) is 20.4. The molecule has 0 radical (unpaired) electrons. The highest BCUT2D eigenvalue weighted by atomic mass is 16.5. The van der Waals surface area contributed by atoms with Gasteiger partial charge in [-0.15, -0.1) is 5.53 Å². The number of hydrogen-bond acceptors (Lipinski definition) is 9. The fourth-order valence-corrected chi connectivity index (χ4v) is 2.33. The molecule has 0 saturated carbocycles. The molecule has 27 heavy (non-hydrogen) atoms. The van der Waals surface area contributed by atoms with Crippen molar-refractivity contribution in [3.63, 3.8) is 0 Å². The molecular formula is C17H29N7O3. The molecule has 150 valence electrons. The SMILES string of the molecule is COc1ccc(NC(C)C)cc1C(=O)N[C@H](C(=O)/C=N\NNNN)C(C)C. The van der Waals surface area contributed by atoms with Crippen LogP contribution in [-0.2, 0) is 4.79 Å². The summed E-state index contributed by atoms with van der Waals surface area (Å²) in [6.07, 6.45) is 1.07. The van der Waals surface area contributed by atoms with Crippen LogP contribution in [0.15, 0.2) is 23.3 Å². The van der Waals surface area contributed by atoms with E-state index in [1.54, 1.807) is 12.1 Å². The molecule has 0 heterocycles. The number of Topliss-reactive ketones (excluding diaryl/α,β-unsaturated/α-hetero) is 1. The summed E-state index contributed by atoms with van der Waals surface area (Å²) < 4.78 is 5.28. The monoisotopic (exact) mass is 379 g/mol. The van der Waals surface area contributed by atoms with E-state index in [4.69, 9.17) is 10.6 Å². The van der Waals surface area contributed by atoms with Gasteiger partial charge in [-0.1, -0.05) is 13.8 Å². The number of rotatable bonds is 11. The quantitative estimate of drug-likeness (QED) is 0.139. The van der Waals surface area contributed by atoms with E-state index < -0.39 is 11.9 Å². The maximum Gasteiger partial charge on any atom is 0.255 e. The molecule has 1 rings (SSSR count). The predicted octanol–water partition coefficient (Wildman–Crippen LogP) is 0.297. The Bertz CT molecular complexity index is 662. The second-order valence-electron chi connectivity index (χ2n) is 6.45. The van der Waals surface area contributed by atoms with Gasteiger partial charge in [0.25, 0.3) is 5.91 Å². The molecule has 0 unspecified atom stereocenters. The molecule has 0 bridgehead atoms. The highest BCUT2D eigenvalue weighted by Gasteiger charge is 2.25. The molecule has 0 fully saturated rings. The topological polar surface area (TPSA) is 142 Å². The number of hydrogen-bond donors (Lipinski definition) is 6. The summed E-state index contributed by atoms with van der Waals surface area (Å²) in [5.41, 5.74) is 7.83. The van der Waals surface area contributed by atoms with Crippen LogP contribution in [0.25, 0.3) is 0 Å². The van der Waals surface area contributed by atoms with Crippen LogP contribution >= 0.6 is 0 Å². The number of carbonyl (C=O) groups is 2. The number of ketones is 1. The largest absolute Gasteiger partial charge is 0.496 e. The first-order valence-electron chi connectivity index (χ1n) is 8.58. The van der Waals surface area contributed by atoms with Gasteiger partial charge in [-0.3, -0.25) is 15.4 Å². The zero-order valence-electron chi connectivity index (χ0n) is 16.3. The van der Waals surface area contributed by atoms with E-state index in [0.717, 1.165) is 11.9 Å². The molecule has 1 aromatic rings. The van der Waals surface area contributed by atoms with E-state index >= 15 is 0 Å². The van der Waals surface area contributed by atoms with E-state index in [2.05, 4.69) is 32.3 Å². The third-order valence-corrected chi connectivity index (χ3v) is 3.54. The van der Waals surface area contributed by atoms with Gasteiger partial charge in [-0.2, -0.15) is 10.6 Å². The van der Waals surface area contributed by atoms with Gasteiger partial charge in [0.05, 0.1) is 24.9 Å². The van der Waals surface area contributed by atoms with Crippen LogP contribution in [0.5, 0.6) is 5.75 Å². The number of nitrogens with two attached hydrogens (primary N) is 1. The summed E-state index contributed by atoms with van der Waals surface area (Å²) in [6.45, 7) is 7.66. The molecule has 10 heteroatoms. The first-order chi connectivity index (χ1) is 12.8. The lowest BCUT2D eigenvalue weighted by Crippen LogP contribution is -2.47. The summed E-state index contributed by atoms with van der Waals surface area (Å²) >= 11 is 0. The van der Waals surface area contributed by atoms with E-state index in [-0.39, 0.29) is 17.7 Å². The highest BCUT2D eigenvalue weighted by Crippen LogP contribution is 2.23. The second kappa shape index (κ2) is 11.1. The maximum absolute atomic E-state index is 12.8. The summed E-state index contributed by atoms with van der Waals surface area (Å²) in [5, 5.41) is 9.65. The number of amides is 1. The number of carbonyl (C=O) groups excluding carboxylic acids is 2. The normalized spacial score (nSPS) is 12.3. The van der Waals surface area contributed by atoms with E-state index in [9.17, 15) is 9.59 Å². The number of anilines is 1. The summed E-state index contributed by atoms with van der Waals surface area (Å²) in [7, 11) is 1.49. The number of hydrazone groups is 1. The summed E-state index contributed by atoms with van der Waals surface area (Å²) in [4.78, 5) is 25.1. The number of ether oxygens (including phenoxy) is 1. The van der Waals surface area contributed by atoms with Gasteiger partial charge in [-0.05, 0) is 38.0 Å². The minimum atomic E-state index is -0.750. The molecule has 0 aliphatic heterocycles. The van der Waals surface area contributed by atoms with Crippen molar-refractivity contribution in [2.75, 3.05) is 12.4 Å². The average Bonchev–Trinajstić information content (AvgIpc) is 2.62. The molecule has 0 aliphatic carbocycles. The van der Waals surface area contributed by atoms with E-state index in [0.29, 0.717) is 11.3 Å². The fourth-order valence-electron chi connectivity index (χ4n) is 2.33. The minimum absolute atomic E-state index is 0.142. The lowest BCUT2D eigenvalue weighted by molar-refractivity contribution is -0.115. The number of benzene rings is 1. The van der Waals surface area contributed by atoms with Crippen LogP contribution in [0.1, 0.15) is 38.1 Å². The molecule has 0 saturated heterocycles. The van der Waals surface area contributed by atoms with Crippen molar-refractivity contribution in [3.05, 3.63) is 23.8 Å². The third kappa shape index (κ3) is 7.21. The zero-order valence-corrected chi connectivity index (χ0v) is 16.3. The highest BCUT2D eigenvalue weighted by molar-refractivity contribution is 6.30. The van der Waals surface area contributed by atoms with Gasteiger partial charge in [0.15, 0.2) is 5.78 Å². The standard InChI is InChI=1S/C17H29N7O3/c1-10(2)16(14(25)9-19-23-24-22-18)21-17(26)13-8-12(20-11(3)4)6-7-15(13)27-5/h6-11,16,20,22-24H,18H2,1-5H3,(H,21,26)/b19-9-/t16-/m0/s1. The van der Waals surface area contributed by atoms with Crippen LogP contribution in [0.3, 0.4) is 0 Å². The van der Waals surface area contributed by atoms with Gasteiger partial charge in [0, 0.05) is 11.7 Å². The lowest BCUT2D eigenvalue weighted by Gasteiger charge is -2.21. The van der Waals surface area contributed by atoms with Crippen LogP contribution in [0, 0.1) is 5.92 Å². The first-order valence-corrected chi connectivity index (χ1v) is 8.58. The number of nitrogens with one attached hydrogen (secondary N) is 5. The smallest absolute Gasteiger partial charge is 0.255 e. The van der Waals surface area contributed by atoms with Crippen molar-refractivity contribution in [2.24, 2.45) is 16.9 Å². The minimum Gasteiger partial charge on any atom is -0.496 e. The van der Waals surface area contributed by atoms with Crippen molar-refractivity contribution in [2.45, 2.75) is 39.8 Å². The number of methoxy groups -OCH3 is 1. The molecule has 1 aromatic carbocycles. The first kappa shape index (κ1) is 22.4. The predicted molar refractivity (Wildman–Crippen MR) is 105 cm³/mol. The average molecular weight is 379 g/mol. The van der Waals surface area contributed by atoms with Crippen molar-refractivity contribution in [1.82, 2.24) is 21.9 Å². The molecule has 1 amide bonds. The Balaban J connectivity index is 2.98. The lowest BCUT2D eigenvalue weighted by atomic mass is 9.99. The van der Waals surface area contributed by atoms with Crippen molar-refractivity contribution in [3.8, 4) is 5.75 Å². The third-order valence-electron chi connectivity index (χ3n) is 3.54. The van der Waals surface area contributed by atoms with Gasteiger partial charge in [0.1, 0.15) is 5.75 Å². The van der Waals surface area contributed by atoms with E-state index in [1.807, 2.05) is 33.8 Å². The molecule has 0 spiro atoms. The fraction of sp³-hybridized carbons (Fsp3) is 0.471. The van der Waals surface area contributed by atoms with Crippen molar-refractivity contribution in [1.29, 1.82) is 0 Å². The van der Waals surface area contributed by atoms with Gasteiger partial charge < -0.3 is 15.4 Å². The molecule has 10 nitrogen and oxygen atoms in total. The summed E-state index contributed by atoms with van der Waals surface area (Å²) in [5.74, 6) is 4.51. The molecule has 0 aliphatic rings. The second-order valence-corrected chi connectivity index (χ2v) is 6.45. The Kier molecular flexibility index (Phi) is 9.20. The van der Waals surface area contributed by atoms with E-state index in [1.165, 1.54) is 7.11 Å². The molecular weight excluding hydrogens is 350 g/mol. The van der Waals surface area contributed by atoms with Gasteiger partial charge in [-0.25, -0.2) is 5.53 Å². The van der Waals surface area contributed by atoms with Crippen LogP contribution in [-0.4, -0.2) is 37.1 Å². The maximum atomic E-state index is 12.8. The number of nitrogens with zero attached hydrogens (tertiary/aromatic N) is 1. The Morgan fingerprint density at radius 3 is 2.48 bits per heavy atom. The summed E-state index contributed by atoms with van der Waals surface area (Å²) in [6, 6.07) is 4.70. The number of hydrazine groups is 3. The van der Waals surface area contributed by atoms with Crippen molar-refractivity contribution >= 4 is 23.6 Å².